The molecule has 1 atom stereocenters. The van der Waals surface area contributed by atoms with Crippen LogP contribution in [0.5, 0.6) is 5.75 Å². The van der Waals surface area contributed by atoms with Gasteiger partial charge in [0.05, 0.1) is 26.3 Å². The van der Waals surface area contributed by atoms with Crippen LogP contribution in [0.15, 0.2) is 60.7 Å². The van der Waals surface area contributed by atoms with Gasteiger partial charge in [0.2, 0.25) is 0 Å². The maximum atomic E-state index is 6.01. The number of ether oxygens (including phenoxy) is 2. The first-order valence-electron chi connectivity index (χ1n) is 11.5. The van der Waals surface area contributed by atoms with Crippen molar-refractivity contribution in [3.63, 3.8) is 0 Å². The van der Waals surface area contributed by atoms with Gasteiger partial charge >= 0.3 is 0 Å². The molecule has 0 fully saturated rings. The standard InChI is InChI=1S/C27H42NO2.ClH.H2O/c1-23(2)20-26(21-24(3)4)28(5,22-25-12-8-6-9-13-25)16-17-29-18-19-30-27-14-10-7-11-15-27;;/h6-15,23-24,26H,16-22H2,1-5H3;1H;1H2/q+1;;/p-1. The molecule has 2 rings (SSSR count). The molecule has 0 amide bonds. The number of halogens is 1. The Kier molecular flexibility index (Phi) is 15.3. The van der Waals surface area contributed by atoms with Crippen molar-refractivity contribution in [2.75, 3.05) is 33.4 Å². The fourth-order valence-electron chi connectivity index (χ4n) is 4.20. The molecule has 4 nitrogen and oxygen atoms in total. The van der Waals surface area contributed by atoms with E-state index in [0.29, 0.717) is 31.1 Å². The van der Waals surface area contributed by atoms with E-state index in [1.807, 2.05) is 30.3 Å². The molecule has 0 aliphatic rings. The van der Waals surface area contributed by atoms with Crippen LogP contribution in [-0.4, -0.2) is 49.4 Å². The molecular formula is C27H44ClNO3. The van der Waals surface area contributed by atoms with Crippen LogP contribution in [0.25, 0.3) is 0 Å². The molecule has 0 aliphatic carbocycles. The van der Waals surface area contributed by atoms with Crippen LogP contribution >= 0.6 is 0 Å². The predicted octanol–water partition coefficient (Wildman–Crippen LogP) is 2.37. The lowest BCUT2D eigenvalue weighted by atomic mass is 9.92. The maximum Gasteiger partial charge on any atom is 0.119 e. The Morgan fingerprint density at radius 3 is 1.81 bits per heavy atom. The first kappa shape index (κ1) is 30.4. The van der Waals surface area contributed by atoms with E-state index in [1.165, 1.54) is 18.4 Å². The monoisotopic (exact) mass is 465 g/mol. The Morgan fingerprint density at radius 2 is 1.28 bits per heavy atom. The van der Waals surface area contributed by atoms with E-state index in [0.717, 1.165) is 29.9 Å². The third-order valence-corrected chi connectivity index (χ3v) is 5.74. The number of likely N-dealkylation sites (N-methyl/N-ethyl adjacent to an activating group) is 1. The van der Waals surface area contributed by atoms with Gasteiger partial charge in [-0.05, 0) is 24.0 Å². The predicted molar refractivity (Wildman–Crippen MR) is 130 cm³/mol. The van der Waals surface area contributed by atoms with Crippen molar-refractivity contribution in [1.82, 2.24) is 0 Å². The second kappa shape index (κ2) is 16.1. The van der Waals surface area contributed by atoms with Gasteiger partial charge in [-0.25, -0.2) is 0 Å². The van der Waals surface area contributed by atoms with Crippen LogP contribution in [0.1, 0.15) is 46.1 Å². The van der Waals surface area contributed by atoms with E-state index in [9.17, 15) is 0 Å². The molecule has 2 aromatic carbocycles. The summed E-state index contributed by atoms with van der Waals surface area (Å²) in [6.45, 7) is 13.4. The quantitative estimate of drug-likeness (QED) is 0.317. The highest BCUT2D eigenvalue weighted by Crippen LogP contribution is 2.27. The fraction of sp³-hybridized carbons (Fsp3) is 0.556. The topological polar surface area (TPSA) is 50.0 Å². The minimum absolute atomic E-state index is 0. The smallest absolute Gasteiger partial charge is 0.119 e. The molecule has 0 saturated carbocycles. The summed E-state index contributed by atoms with van der Waals surface area (Å²) in [5.74, 6) is 2.30. The van der Waals surface area contributed by atoms with Gasteiger partial charge in [-0.1, -0.05) is 76.2 Å². The second-order valence-electron chi connectivity index (χ2n) is 9.53. The lowest BCUT2D eigenvalue weighted by molar-refractivity contribution is -0.947. The summed E-state index contributed by atoms with van der Waals surface area (Å²) in [7, 11) is 2.42. The van der Waals surface area contributed by atoms with E-state index in [1.54, 1.807) is 0 Å². The molecule has 0 bridgehead atoms. The number of para-hydroxylation sites is 1. The average Bonchev–Trinajstić information content (AvgIpc) is 2.71. The summed E-state index contributed by atoms with van der Waals surface area (Å²) >= 11 is 0. The lowest BCUT2D eigenvalue weighted by Crippen LogP contribution is -3.00. The molecule has 182 valence electrons. The van der Waals surface area contributed by atoms with Crippen molar-refractivity contribution in [1.29, 1.82) is 0 Å². The molecule has 2 N–H and O–H groups in total. The zero-order valence-corrected chi connectivity index (χ0v) is 21.4. The van der Waals surface area contributed by atoms with E-state index < -0.39 is 0 Å². The molecular weight excluding hydrogens is 422 g/mol. The first-order chi connectivity index (χ1) is 14.4. The van der Waals surface area contributed by atoms with Gasteiger partial charge < -0.3 is 31.8 Å². The Bertz CT molecular complexity index is 687. The van der Waals surface area contributed by atoms with E-state index >= 15 is 0 Å². The average molecular weight is 466 g/mol. The molecule has 0 aromatic heterocycles. The van der Waals surface area contributed by atoms with E-state index in [-0.39, 0.29) is 17.9 Å². The van der Waals surface area contributed by atoms with E-state index in [2.05, 4.69) is 65.1 Å². The number of rotatable bonds is 14. The van der Waals surface area contributed by atoms with Crippen molar-refractivity contribution in [3.05, 3.63) is 66.2 Å². The molecule has 0 aliphatic heterocycles. The minimum atomic E-state index is 0. The van der Waals surface area contributed by atoms with Crippen LogP contribution in [0.4, 0.5) is 0 Å². The van der Waals surface area contributed by atoms with Gasteiger partial charge in [-0.2, -0.15) is 0 Å². The zero-order chi connectivity index (χ0) is 21.8. The van der Waals surface area contributed by atoms with Crippen LogP contribution in [-0.2, 0) is 11.3 Å². The number of hydrogen-bond donors (Lipinski definition) is 0. The summed E-state index contributed by atoms with van der Waals surface area (Å²) in [5.41, 5.74) is 1.41. The van der Waals surface area contributed by atoms with Crippen LogP contribution in [0.3, 0.4) is 0 Å². The zero-order valence-electron chi connectivity index (χ0n) is 20.6. The van der Waals surface area contributed by atoms with Gasteiger partial charge in [-0.3, -0.25) is 0 Å². The highest BCUT2D eigenvalue weighted by atomic mass is 35.5. The van der Waals surface area contributed by atoms with Gasteiger partial charge in [0, 0.05) is 18.4 Å². The largest absolute Gasteiger partial charge is 1.00 e. The lowest BCUT2D eigenvalue weighted by Gasteiger charge is -2.43. The molecule has 1 unspecified atom stereocenters. The summed E-state index contributed by atoms with van der Waals surface area (Å²) in [6.07, 6.45) is 2.50. The fourth-order valence-corrected chi connectivity index (χ4v) is 4.20. The Morgan fingerprint density at radius 1 is 0.750 bits per heavy atom. The number of nitrogens with zero attached hydrogens (tertiary/aromatic N) is 1. The van der Waals surface area contributed by atoms with E-state index in [4.69, 9.17) is 9.47 Å². The van der Waals surface area contributed by atoms with Crippen molar-refractivity contribution in [2.45, 2.75) is 53.1 Å². The molecule has 0 saturated heterocycles. The normalized spacial score (nSPS) is 12.9. The van der Waals surface area contributed by atoms with Gasteiger partial charge in [0.25, 0.3) is 0 Å². The second-order valence-corrected chi connectivity index (χ2v) is 9.53. The Hall–Kier alpha value is -1.59. The highest BCUT2D eigenvalue weighted by molar-refractivity contribution is 5.20. The third kappa shape index (κ3) is 11.3. The molecule has 32 heavy (non-hydrogen) atoms. The first-order valence-corrected chi connectivity index (χ1v) is 11.5. The number of hydrogen-bond acceptors (Lipinski definition) is 2. The van der Waals surface area contributed by atoms with Gasteiger partial charge in [0.1, 0.15) is 25.4 Å². The highest BCUT2D eigenvalue weighted by Gasteiger charge is 2.33. The van der Waals surface area contributed by atoms with Crippen molar-refractivity contribution in [3.8, 4) is 5.75 Å². The Labute approximate surface area is 202 Å². The molecule has 0 radical (unpaired) electrons. The maximum absolute atomic E-state index is 6.01. The number of benzene rings is 2. The number of quaternary nitrogens is 1. The van der Waals surface area contributed by atoms with Gasteiger partial charge in [-0.15, -0.1) is 0 Å². The SMILES string of the molecule is CC(C)CC(CC(C)C)[N+](C)(CCOCCOc1ccccc1)Cc1ccccc1.O.[Cl-]. The summed E-state index contributed by atoms with van der Waals surface area (Å²) in [4.78, 5) is 0. The van der Waals surface area contributed by atoms with Crippen LogP contribution in [0.2, 0.25) is 0 Å². The van der Waals surface area contributed by atoms with Crippen molar-refractivity contribution < 1.29 is 31.8 Å². The molecule has 5 heteroatoms. The van der Waals surface area contributed by atoms with Crippen molar-refractivity contribution in [2.24, 2.45) is 11.8 Å². The van der Waals surface area contributed by atoms with Crippen LogP contribution in [0, 0.1) is 11.8 Å². The molecule has 0 heterocycles. The minimum Gasteiger partial charge on any atom is -1.00 e. The summed E-state index contributed by atoms with van der Waals surface area (Å²) < 4.78 is 12.8. The summed E-state index contributed by atoms with van der Waals surface area (Å²) in [6, 6.07) is 21.5. The van der Waals surface area contributed by atoms with Gasteiger partial charge in [0.15, 0.2) is 0 Å². The third-order valence-electron chi connectivity index (χ3n) is 5.74. The Balaban J connectivity index is 0.00000480. The van der Waals surface area contributed by atoms with Crippen molar-refractivity contribution >= 4 is 0 Å². The summed E-state index contributed by atoms with van der Waals surface area (Å²) in [5, 5.41) is 0. The molecule has 0 spiro atoms. The molecule has 2 aromatic rings. The van der Waals surface area contributed by atoms with Crippen LogP contribution < -0.4 is 17.1 Å².